The maximum Gasteiger partial charge on any atom is 0.407 e. The summed E-state index contributed by atoms with van der Waals surface area (Å²) in [6, 6.07) is 17.0. The number of aliphatic hydroxyl groups is 1. The predicted molar refractivity (Wildman–Crippen MR) is 193 cm³/mol. The summed E-state index contributed by atoms with van der Waals surface area (Å²) in [6.07, 6.45) is -0.250. The van der Waals surface area contributed by atoms with Crippen LogP contribution in [0.2, 0.25) is 0 Å². The Kier molecular flexibility index (Phi) is 12.5. The molecular weight excluding hydrogens is 719 g/mol. The van der Waals surface area contributed by atoms with Gasteiger partial charge in [-0.2, -0.15) is 16.1 Å². The van der Waals surface area contributed by atoms with Crippen LogP contribution in [0.3, 0.4) is 0 Å². The Labute approximate surface area is 302 Å². The van der Waals surface area contributed by atoms with Crippen molar-refractivity contribution in [2.75, 3.05) is 18.4 Å². The van der Waals surface area contributed by atoms with E-state index in [4.69, 9.17) is 26.2 Å². The molecule has 2 heterocycles. The number of nitrogens with one attached hydrogen (secondary N) is 2. The van der Waals surface area contributed by atoms with Gasteiger partial charge >= 0.3 is 6.09 Å². The third-order valence-electron chi connectivity index (χ3n) is 7.49. The van der Waals surface area contributed by atoms with E-state index in [2.05, 4.69) is 20.6 Å². The molecule has 3 aromatic carbocycles. The first-order valence-electron chi connectivity index (χ1n) is 15.6. The van der Waals surface area contributed by atoms with Crippen LogP contribution in [0.25, 0.3) is 10.2 Å². The molecule has 0 spiro atoms. The maximum atomic E-state index is 14.1. The minimum atomic E-state index is -4.17. The Bertz CT molecular complexity index is 2020. The molecule has 5 aromatic rings. The molecule has 51 heavy (non-hydrogen) atoms. The fourth-order valence-corrected chi connectivity index (χ4v) is 8.21. The summed E-state index contributed by atoms with van der Waals surface area (Å²) < 4.78 is 35.3. The molecule has 2 aromatic heterocycles. The summed E-state index contributed by atoms with van der Waals surface area (Å²) in [7, 11) is -4.17. The molecule has 7 N–H and O–H groups in total. The summed E-state index contributed by atoms with van der Waals surface area (Å²) in [5.41, 5.74) is 3.05. The lowest BCUT2D eigenvalue weighted by Crippen LogP contribution is -2.51. The van der Waals surface area contributed by atoms with E-state index in [1.165, 1.54) is 46.0 Å². The van der Waals surface area contributed by atoms with Gasteiger partial charge in [0, 0.05) is 30.9 Å². The van der Waals surface area contributed by atoms with E-state index in [-0.39, 0.29) is 59.1 Å². The highest BCUT2D eigenvalue weighted by Crippen LogP contribution is 2.31. The van der Waals surface area contributed by atoms with Gasteiger partial charge in [-0.1, -0.05) is 55.5 Å². The zero-order valence-corrected chi connectivity index (χ0v) is 30.0. The van der Waals surface area contributed by atoms with Gasteiger partial charge in [0.1, 0.15) is 6.61 Å². The standard InChI is InChI=1S/C33H37N7O8S3/c1-20(2)16-40(17-29(41)28(10-21-6-4-3-5-7-21)38-33(43)46-18-25-15-36-19-49-25)51(44,45)26-8-9-27-30(14-26)50-32(37-27)39-31(42)22-11-23(47-34)13-24(12-22)48-35/h3-9,11-15,19-20,28-29,41H,10,16-18,34-35H2,1-2H3,(H,38,43)(H,37,39,42)/t28-,29+/m0/s1. The fraction of sp³-hybridized carbons (Fsp3) is 0.273. The first-order valence-corrected chi connectivity index (χ1v) is 18.7. The smallest absolute Gasteiger partial charge is 0.407 e. The van der Waals surface area contributed by atoms with Crippen molar-refractivity contribution in [2.24, 2.45) is 17.7 Å². The molecule has 18 heteroatoms. The van der Waals surface area contributed by atoms with Gasteiger partial charge in [0.25, 0.3) is 5.91 Å². The van der Waals surface area contributed by atoms with Crippen LogP contribution < -0.4 is 32.1 Å². The zero-order valence-electron chi connectivity index (χ0n) is 27.6. The van der Waals surface area contributed by atoms with Crippen molar-refractivity contribution in [3.8, 4) is 11.5 Å². The number of sulfonamides is 1. The van der Waals surface area contributed by atoms with E-state index in [9.17, 15) is 23.1 Å². The number of anilines is 1. The normalized spacial score (nSPS) is 12.8. The summed E-state index contributed by atoms with van der Waals surface area (Å²) in [6.45, 7) is 3.52. The van der Waals surface area contributed by atoms with Gasteiger partial charge in [0.2, 0.25) is 10.0 Å². The summed E-state index contributed by atoms with van der Waals surface area (Å²) >= 11 is 2.41. The fourth-order valence-electron chi connectivity index (χ4n) is 5.08. The molecule has 0 fully saturated rings. The molecule has 15 nitrogen and oxygen atoms in total. The SMILES string of the molecule is CC(C)CN(C[C@@H](O)[C@H](Cc1ccccc1)NC(=O)OCc1cncs1)S(=O)(=O)c1ccc2nc(NC(=O)c3cc(ON)cc(ON)c3)sc2c1. The highest BCUT2D eigenvalue weighted by molar-refractivity contribution is 7.89. The molecule has 0 aliphatic heterocycles. The van der Waals surface area contributed by atoms with Crippen molar-refractivity contribution in [3.63, 3.8) is 0 Å². The van der Waals surface area contributed by atoms with Crippen LogP contribution in [0.5, 0.6) is 11.5 Å². The number of alkyl carbamates (subject to hydrolysis) is 1. The Hall–Kier alpha value is -4.69. The molecule has 0 saturated heterocycles. The number of amides is 2. The van der Waals surface area contributed by atoms with Gasteiger partial charge in [-0.05, 0) is 48.2 Å². The van der Waals surface area contributed by atoms with E-state index in [0.29, 0.717) is 10.2 Å². The number of hydrogen-bond acceptors (Lipinski definition) is 14. The van der Waals surface area contributed by atoms with Crippen LogP contribution in [0, 0.1) is 5.92 Å². The number of nitrogens with zero attached hydrogens (tertiary/aromatic N) is 3. The summed E-state index contributed by atoms with van der Waals surface area (Å²) in [4.78, 5) is 44.3. The van der Waals surface area contributed by atoms with E-state index in [0.717, 1.165) is 21.8 Å². The number of aliphatic hydroxyl groups excluding tert-OH is 1. The van der Waals surface area contributed by atoms with E-state index < -0.39 is 34.2 Å². The van der Waals surface area contributed by atoms with Gasteiger partial charge in [-0.3, -0.25) is 15.1 Å². The minimum Gasteiger partial charge on any atom is -0.444 e. The largest absolute Gasteiger partial charge is 0.444 e. The van der Waals surface area contributed by atoms with Crippen molar-refractivity contribution in [1.82, 2.24) is 19.6 Å². The number of nitrogens with two attached hydrogens (primary N) is 2. The summed E-state index contributed by atoms with van der Waals surface area (Å²) in [5, 5.41) is 17.1. The van der Waals surface area contributed by atoms with Crippen molar-refractivity contribution in [3.05, 3.63) is 94.4 Å². The molecule has 5 rings (SSSR count). The van der Waals surface area contributed by atoms with E-state index in [1.807, 2.05) is 44.2 Å². The highest BCUT2D eigenvalue weighted by Gasteiger charge is 2.32. The molecule has 2 atom stereocenters. The van der Waals surface area contributed by atoms with Crippen molar-refractivity contribution in [2.45, 2.75) is 43.9 Å². The second-order valence-electron chi connectivity index (χ2n) is 11.8. The third-order valence-corrected chi connectivity index (χ3v) is 11.0. The molecule has 0 bridgehead atoms. The number of aromatic nitrogens is 2. The van der Waals surface area contributed by atoms with Crippen molar-refractivity contribution >= 4 is 60.0 Å². The van der Waals surface area contributed by atoms with E-state index in [1.54, 1.807) is 17.8 Å². The van der Waals surface area contributed by atoms with E-state index >= 15 is 0 Å². The molecular formula is C33H37N7O8S3. The zero-order chi connectivity index (χ0) is 36.5. The first kappa shape index (κ1) is 37.6. The average molecular weight is 756 g/mol. The number of carbonyl (C=O) groups excluding carboxylic acids is 2. The van der Waals surface area contributed by atoms with Crippen molar-refractivity contribution < 1.29 is 37.5 Å². The average Bonchev–Trinajstić information content (AvgIpc) is 3.79. The Morgan fingerprint density at radius 3 is 2.37 bits per heavy atom. The molecule has 0 saturated carbocycles. The number of rotatable bonds is 16. The molecule has 0 aliphatic carbocycles. The van der Waals surface area contributed by atoms with Crippen LogP contribution in [-0.4, -0.2) is 65.0 Å². The number of thiazole rings is 2. The third kappa shape index (κ3) is 9.97. The van der Waals surface area contributed by atoms with Crippen LogP contribution in [0.1, 0.15) is 34.6 Å². The Morgan fingerprint density at radius 1 is 1.00 bits per heavy atom. The van der Waals surface area contributed by atoms with Crippen LogP contribution in [-0.2, 0) is 27.8 Å². The second-order valence-corrected chi connectivity index (χ2v) is 15.7. The van der Waals surface area contributed by atoms with Gasteiger partial charge in [0.15, 0.2) is 16.6 Å². The predicted octanol–water partition coefficient (Wildman–Crippen LogP) is 4.06. The highest BCUT2D eigenvalue weighted by atomic mass is 32.2. The lowest BCUT2D eigenvalue weighted by atomic mass is 10.0. The Balaban J connectivity index is 1.35. The number of hydrogen-bond donors (Lipinski definition) is 5. The molecule has 0 aliphatic rings. The van der Waals surface area contributed by atoms with Gasteiger partial charge in [-0.15, -0.1) is 11.3 Å². The van der Waals surface area contributed by atoms with Crippen LogP contribution in [0.15, 0.2) is 83.3 Å². The van der Waals surface area contributed by atoms with Crippen molar-refractivity contribution in [1.29, 1.82) is 0 Å². The van der Waals surface area contributed by atoms with Crippen LogP contribution >= 0.6 is 22.7 Å². The molecule has 270 valence electrons. The van der Waals surface area contributed by atoms with Gasteiger partial charge in [0.05, 0.1) is 37.6 Å². The molecule has 0 unspecified atom stereocenters. The van der Waals surface area contributed by atoms with Crippen LogP contribution in [0.4, 0.5) is 9.93 Å². The number of fused-ring (bicyclic) bond motifs is 1. The quantitative estimate of drug-likeness (QED) is 0.0901. The second kappa shape index (κ2) is 17.0. The number of benzene rings is 3. The number of ether oxygens (including phenoxy) is 1. The van der Waals surface area contributed by atoms with Gasteiger partial charge < -0.3 is 24.8 Å². The molecule has 0 radical (unpaired) electrons. The number of carbonyl (C=O) groups is 2. The topological polar surface area (TPSA) is 221 Å². The van der Waals surface area contributed by atoms with Gasteiger partial charge in [-0.25, -0.2) is 18.2 Å². The maximum absolute atomic E-state index is 14.1. The lowest BCUT2D eigenvalue weighted by molar-refractivity contribution is 0.0876. The summed E-state index contributed by atoms with van der Waals surface area (Å²) in [5.74, 6) is 10.1. The minimum absolute atomic E-state index is 0.00453. The molecule has 2 amide bonds. The monoisotopic (exact) mass is 755 g/mol. The first-order chi connectivity index (χ1) is 24.4. The lowest BCUT2D eigenvalue weighted by Gasteiger charge is -2.30. The Morgan fingerprint density at radius 2 is 1.73 bits per heavy atom.